The standard InChI is InChI=1S/C35H50N2O4.2ClH/c1-38-30-18-26-22-36(24-34(12-6-7-13-34)28(26)20-32(30)40-3)16-10-5-11-17-37-23-27-19-31(39-2)33(41-4)21-29(27)35(25-37)14-8-9-15-35;;/h18-21H,5-17,22-25H2,1-4H3;2*1H. The highest BCUT2D eigenvalue weighted by atomic mass is 35.5. The minimum absolute atomic E-state index is 0. The van der Waals surface area contributed by atoms with Crippen molar-refractivity contribution in [2.75, 3.05) is 54.6 Å². The lowest BCUT2D eigenvalue weighted by Gasteiger charge is -2.43. The highest BCUT2D eigenvalue weighted by molar-refractivity contribution is 5.85. The second-order valence-electron chi connectivity index (χ2n) is 13.2. The zero-order valence-electron chi connectivity index (χ0n) is 26.7. The molecule has 0 radical (unpaired) electrons. The second-order valence-corrected chi connectivity index (χ2v) is 13.2. The van der Waals surface area contributed by atoms with Gasteiger partial charge in [0.25, 0.3) is 0 Å². The van der Waals surface area contributed by atoms with Gasteiger partial charge in [-0.25, -0.2) is 0 Å². The number of ether oxygens (including phenoxy) is 4. The van der Waals surface area contributed by atoms with Gasteiger partial charge in [-0.15, -0.1) is 24.8 Å². The molecule has 2 heterocycles. The summed E-state index contributed by atoms with van der Waals surface area (Å²) >= 11 is 0. The number of rotatable bonds is 10. The van der Waals surface area contributed by atoms with Gasteiger partial charge >= 0.3 is 0 Å². The summed E-state index contributed by atoms with van der Waals surface area (Å²) in [7, 11) is 7.01. The fraction of sp³-hybridized carbons (Fsp3) is 0.657. The lowest BCUT2D eigenvalue weighted by atomic mass is 9.73. The summed E-state index contributed by atoms with van der Waals surface area (Å²) in [5.74, 6) is 3.48. The molecule has 240 valence electrons. The first-order valence-corrected chi connectivity index (χ1v) is 16.0. The van der Waals surface area contributed by atoms with Crippen LogP contribution in [0.1, 0.15) is 92.9 Å². The average Bonchev–Trinajstić information content (AvgIpc) is 3.66. The van der Waals surface area contributed by atoms with Crippen LogP contribution in [0.4, 0.5) is 0 Å². The third-order valence-electron chi connectivity index (χ3n) is 10.8. The van der Waals surface area contributed by atoms with Crippen molar-refractivity contribution in [3.8, 4) is 23.0 Å². The molecule has 2 fully saturated rings. The van der Waals surface area contributed by atoms with Crippen LogP contribution in [0.3, 0.4) is 0 Å². The summed E-state index contributed by atoms with van der Waals surface area (Å²) in [6, 6.07) is 9.07. The maximum Gasteiger partial charge on any atom is 0.161 e. The summed E-state index contributed by atoms with van der Waals surface area (Å²) in [4.78, 5) is 5.45. The van der Waals surface area contributed by atoms with E-state index in [0.717, 1.165) is 36.1 Å². The Kier molecular flexibility index (Phi) is 11.5. The summed E-state index contributed by atoms with van der Waals surface area (Å²) in [5.41, 5.74) is 6.49. The molecule has 2 aliphatic carbocycles. The van der Waals surface area contributed by atoms with Crippen LogP contribution in [0.2, 0.25) is 0 Å². The van der Waals surface area contributed by atoms with E-state index in [4.69, 9.17) is 18.9 Å². The minimum Gasteiger partial charge on any atom is -0.493 e. The van der Waals surface area contributed by atoms with Crippen molar-refractivity contribution in [2.45, 2.75) is 94.5 Å². The van der Waals surface area contributed by atoms with Gasteiger partial charge in [0.1, 0.15) is 0 Å². The number of nitrogens with zero attached hydrogens (tertiary/aromatic N) is 2. The molecule has 8 heteroatoms. The molecule has 6 rings (SSSR count). The number of unbranched alkanes of at least 4 members (excludes halogenated alkanes) is 2. The number of benzene rings is 2. The maximum atomic E-state index is 5.69. The molecule has 0 saturated heterocycles. The highest BCUT2D eigenvalue weighted by Crippen LogP contribution is 2.50. The second kappa shape index (κ2) is 14.5. The Bertz CT molecular complexity index is 1130. The van der Waals surface area contributed by atoms with E-state index in [1.807, 2.05) is 0 Å². The number of halogens is 2. The molecule has 0 aromatic heterocycles. The van der Waals surface area contributed by atoms with Crippen molar-refractivity contribution in [1.29, 1.82) is 0 Å². The van der Waals surface area contributed by atoms with Gasteiger partial charge in [-0.05, 0) is 98.1 Å². The van der Waals surface area contributed by atoms with Crippen LogP contribution in [0.25, 0.3) is 0 Å². The lowest BCUT2D eigenvalue weighted by molar-refractivity contribution is 0.162. The van der Waals surface area contributed by atoms with E-state index in [1.54, 1.807) is 28.4 Å². The molecule has 0 unspecified atom stereocenters. The first kappa shape index (κ1) is 34.0. The molecule has 0 atom stereocenters. The molecule has 2 spiro atoms. The summed E-state index contributed by atoms with van der Waals surface area (Å²) in [6.45, 7) is 6.78. The topological polar surface area (TPSA) is 43.4 Å². The van der Waals surface area contributed by atoms with Gasteiger partial charge in [-0.2, -0.15) is 0 Å². The summed E-state index contributed by atoms with van der Waals surface area (Å²) in [5, 5.41) is 0. The molecule has 0 bridgehead atoms. The summed E-state index contributed by atoms with van der Waals surface area (Å²) < 4.78 is 22.7. The third-order valence-corrected chi connectivity index (χ3v) is 10.8. The van der Waals surface area contributed by atoms with Crippen molar-refractivity contribution in [3.05, 3.63) is 46.5 Å². The van der Waals surface area contributed by atoms with Gasteiger partial charge in [0.2, 0.25) is 0 Å². The van der Waals surface area contributed by atoms with Gasteiger partial charge in [0.15, 0.2) is 23.0 Å². The Morgan fingerprint density at radius 1 is 0.535 bits per heavy atom. The van der Waals surface area contributed by atoms with Crippen molar-refractivity contribution in [3.63, 3.8) is 0 Å². The molecular weight excluding hydrogens is 583 g/mol. The third kappa shape index (κ3) is 6.59. The molecule has 2 saturated carbocycles. The van der Waals surface area contributed by atoms with E-state index >= 15 is 0 Å². The van der Waals surface area contributed by atoms with Gasteiger partial charge < -0.3 is 18.9 Å². The molecule has 2 aromatic rings. The molecule has 4 aliphatic rings. The van der Waals surface area contributed by atoms with Gasteiger partial charge in [0, 0.05) is 37.0 Å². The fourth-order valence-corrected chi connectivity index (χ4v) is 8.83. The van der Waals surface area contributed by atoms with Crippen LogP contribution in [-0.2, 0) is 23.9 Å². The first-order valence-electron chi connectivity index (χ1n) is 16.0. The van der Waals surface area contributed by atoms with Gasteiger partial charge in [-0.3, -0.25) is 9.80 Å². The molecule has 6 nitrogen and oxygen atoms in total. The first-order chi connectivity index (χ1) is 20.0. The lowest BCUT2D eigenvalue weighted by Crippen LogP contribution is -2.45. The van der Waals surface area contributed by atoms with Crippen LogP contribution in [0, 0.1) is 0 Å². The molecule has 2 aliphatic heterocycles. The monoisotopic (exact) mass is 634 g/mol. The summed E-state index contributed by atoms with van der Waals surface area (Å²) in [6.07, 6.45) is 14.3. The largest absolute Gasteiger partial charge is 0.493 e. The fourth-order valence-electron chi connectivity index (χ4n) is 8.83. The Morgan fingerprint density at radius 2 is 0.884 bits per heavy atom. The smallest absolute Gasteiger partial charge is 0.161 e. The number of methoxy groups -OCH3 is 4. The van der Waals surface area contributed by atoms with Crippen LogP contribution < -0.4 is 18.9 Å². The van der Waals surface area contributed by atoms with E-state index in [0.29, 0.717) is 0 Å². The van der Waals surface area contributed by atoms with Gasteiger partial charge in [0.05, 0.1) is 28.4 Å². The van der Waals surface area contributed by atoms with Gasteiger partial charge in [-0.1, -0.05) is 32.1 Å². The van der Waals surface area contributed by atoms with E-state index in [-0.39, 0.29) is 35.6 Å². The molecular formula is C35H52Cl2N2O4. The van der Waals surface area contributed by atoms with Crippen LogP contribution >= 0.6 is 24.8 Å². The number of hydrogen-bond donors (Lipinski definition) is 0. The predicted octanol–water partition coefficient (Wildman–Crippen LogP) is 7.69. The van der Waals surface area contributed by atoms with Crippen molar-refractivity contribution in [2.24, 2.45) is 0 Å². The van der Waals surface area contributed by atoms with Crippen molar-refractivity contribution in [1.82, 2.24) is 9.80 Å². The maximum absolute atomic E-state index is 5.69. The van der Waals surface area contributed by atoms with E-state index in [2.05, 4.69) is 34.1 Å². The Hall–Kier alpha value is -1.86. The molecule has 0 amide bonds. The van der Waals surface area contributed by atoms with Crippen molar-refractivity contribution < 1.29 is 18.9 Å². The molecule has 0 N–H and O–H groups in total. The minimum atomic E-state index is 0. The zero-order valence-corrected chi connectivity index (χ0v) is 28.3. The Morgan fingerprint density at radius 3 is 1.23 bits per heavy atom. The van der Waals surface area contributed by atoms with Crippen LogP contribution in [-0.4, -0.2) is 64.4 Å². The SMILES string of the molecule is COc1cc2c(cc1OC)C1(CCCC1)CN(CCCCCN1Cc3cc(OC)c(OC)cc3C3(CCCC3)C1)C2.Cl.Cl. The Balaban J connectivity index is 0.00000212. The highest BCUT2D eigenvalue weighted by Gasteiger charge is 2.43. The average molecular weight is 636 g/mol. The quantitative estimate of drug-likeness (QED) is 0.250. The van der Waals surface area contributed by atoms with E-state index < -0.39 is 0 Å². The zero-order chi connectivity index (χ0) is 28.5. The van der Waals surface area contributed by atoms with Crippen LogP contribution in [0.15, 0.2) is 24.3 Å². The predicted molar refractivity (Wildman–Crippen MR) is 178 cm³/mol. The van der Waals surface area contributed by atoms with Crippen molar-refractivity contribution >= 4 is 24.8 Å². The number of fused-ring (bicyclic) bond motifs is 4. The van der Waals surface area contributed by atoms with E-state index in [9.17, 15) is 0 Å². The molecule has 2 aromatic carbocycles. The molecule has 43 heavy (non-hydrogen) atoms. The van der Waals surface area contributed by atoms with E-state index in [1.165, 1.54) is 119 Å². The Labute approximate surface area is 271 Å². The normalized spacial score (nSPS) is 20.2. The van der Waals surface area contributed by atoms with Crippen LogP contribution in [0.5, 0.6) is 23.0 Å². The number of hydrogen-bond acceptors (Lipinski definition) is 6.